The fourth-order valence-corrected chi connectivity index (χ4v) is 4.01. The maximum Gasteiger partial charge on any atom is 0.181 e. The fraction of sp³-hybridized carbons (Fsp3) is 0.125. The minimum absolute atomic E-state index is 0.0343. The van der Waals surface area contributed by atoms with Gasteiger partial charge in [0.05, 0.1) is 22.0 Å². The number of aromatic nitrogens is 1. The van der Waals surface area contributed by atoms with E-state index in [4.69, 9.17) is 11.6 Å². The van der Waals surface area contributed by atoms with Crippen LogP contribution >= 0.6 is 34.3 Å². The van der Waals surface area contributed by atoms with Crippen molar-refractivity contribution in [1.82, 2.24) is 4.98 Å². The molecule has 2 nitrogen and oxygen atoms in total. The number of rotatable bonds is 4. The van der Waals surface area contributed by atoms with Gasteiger partial charge in [-0.1, -0.05) is 41.9 Å². The van der Waals surface area contributed by atoms with E-state index in [1.807, 2.05) is 48.0 Å². The molecule has 0 amide bonds. The topological polar surface area (TPSA) is 30.0 Å². The molecule has 21 heavy (non-hydrogen) atoms. The van der Waals surface area contributed by atoms with Crippen molar-refractivity contribution in [3.05, 3.63) is 61.6 Å². The molecule has 0 saturated carbocycles. The Morgan fingerprint density at radius 2 is 1.95 bits per heavy atom. The van der Waals surface area contributed by atoms with Gasteiger partial charge in [-0.2, -0.15) is 0 Å². The number of nitrogens with zero attached hydrogens (tertiary/aromatic N) is 1. The summed E-state index contributed by atoms with van der Waals surface area (Å²) in [5.74, 6) is 0.0343. The highest BCUT2D eigenvalue weighted by molar-refractivity contribution is 7.13. The van der Waals surface area contributed by atoms with Crippen LogP contribution in [0.3, 0.4) is 0 Å². The molecule has 5 heteroatoms. The third-order valence-corrected chi connectivity index (χ3v) is 5.67. The molecule has 0 radical (unpaired) electrons. The van der Waals surface area contributed by atoms with Gasteiger partial charge in [0.15, 0.2) is 5.78 Å². The van der Waals surface area contributed by atoms with Crippen molar-refractivity contribution in [2.24, 2.45) is 0 Å². The van der Waals surface area contributed by atoms with Gasteiger partial charge in [-0.15, -0.1) is 22.7 Å². The van der Waals surface area contributed by atoms with E-state index in [-0.39, 0.29) is 5.78 Å². The summed E-state index contributed by atoms with van der Waals surface area (Å²) in [4.78, 5) is 17.5. The molecule has 0 spiro atoms. The van der Waals surface area contributed by atoms with Crippen molar-refractivity contribution in [2.45, 2.75) is 13.3 Å². The molecule has 0 aliphatic carbocycles. The van der Waals surface area contributed by atoms with E-state index < -0.39 is 0 Å². The normalized spacial score (nSPS) is 10.8. The summed E-state index contributed by atoms with van der Waals surface area (Å²) in [5, 5.41) is 5.29. The number of thiophene rings is 1. The standard InChI is InChI=1S/C16H12ClNOS2/c1-10-8-21-16(15(10)17)13(19)7-14-18-12(9-20-14)11-5-3-2-4-6-11/h2-6,8-9H,7H2,1H3. The number of ketones is 1. The lowest BCUT2D eigenvalue weighted by atomic mass is 10.2. The van der Waals surface area contributed by atoms with Crippen LogP contribution in [0.5, 0.6) is 0 Å². The van der Waals surface area contributed by atoms with Crippen LogP contribution in [0.1, 0.15) is 20.2 Å². The Labute approximate surface area is 136 Å². The highest BCUT2D eigenvalue weighted by Crippen LogP contribution is 2.29. The van der Waals surface area contributed by atoms with Crippen molar-refractivity contribution in [3.63, 3.8) is 0 Å². The van der Waals surface area contributed by atoms with E-state index in [2.05, 4.69) is 4.98 Å². The molecule has 1 aromatic carbocycles. The molecule has 3 aromatic rings. The SMILES string of the molecule is Cc1csc(C(=O)Cc2nc(-c3ccccc3)cs2)c1Cl. The van der Waals surface area contributed by atoms with Gasteiger partial charge in [0, 0.05) is 10.9 Å². The largest absolute Gasteiger partial charge is 0.293 e. The van der Waals surface area contributed by atoms with Crippen LogP contribution < -0.4 is 0 Å². The monoisotopic (exact) mass is 333 g/mol. The predicted octanol–water partition coefficient (Wildman–Crippen LogP) is 5.26. The van der Waals surface area contributed by atoms with E-state index in [9.17, 15) is 4.79 Å². The Bertz CT molecular complexity index is 777. The third-order valence-electron chi connectivity index (χ3n) is 3.09. The zero-order valence-electron chi connectivity index (χ0n) is 11.3. The lowest BCUT2D eigenvalue weighted by Gasteiger charge is -1.97. The molecule has 3 rings (SSSR count). The quantitative estimate of drug-likeness (QED) is 0.610. The van der Waals surface area contributed by atoms with Gasteiger partial charge in [-0.05, 0) is 17.9 Å². The van der Waals surface area contributed by atoms with Crippen molar-refractivity contribution in [3.8, 4) is 11.3 Å². The predicted molar refractivity (Wildman–Crippen MR) is 89.7 cm³/mol. The first-order chi connectivity index (χ1) is 10.1. The molecule has 0 saturated heterocycles. The smallest absolute Gasteiger partial charge is 0.181 e. The molecular weight excluding hydrogens is 322 g/mol. The second-order valence-corrected chi connectivity index (χ2v) is 6.85. The molecule has 0 aliphatic rings. The first-order valence-corrected chi connectivity index (χ1v) is 8.55. The molecule has 0 aliphatic heterocycles. The van der Waals surface area contributed by atoms with E-state index in [1.165, 1.54) is 22.7 Å². The second-order valence-electron chi connectivity index (χ2n) is 4.65. The van der Waals surface area contributed by atoms with Gasteiger partial charge < -0.3 is 0 Å². The molecular formula is C16H12ClNOS2. The van der Waals surface area contributed by atoms with E-state index in [1.54, 1.807) is 0 Å². The number of hydrogen-bond acceptors (Lipinski definition) is 4. The average Bonchev–Trinajstić information content (AvgIpc) is 3.08. The number of thiazole rings is 1. The van der Waals surface area contributed by atoms with E-state index in [0.29, 0.717) is 16.3 Å². The minimum atomic E-state index is 0.0343. The number of aryl methyl sites for hydroxylation is 1. The van der Waals surface area contributed by atoms with Crippen molar-refractivity contribution >= 4 is 40.1 Å². The van der Waals surface area contributed by atoms with E-state index >= 15 is 0 Å². The highest BCUT2D eigenvalue weighted by Gasteiger charge is 2.16. The fourth-order valence-electron chi connectivity index (χ4n) is 1.97. The van der Waals surface area contributed by atoms with Gasteiger partial charge in [0.2, 0.25) is 0 Å². The van der Waals surface area contributed by atoms with Gasteiger partial charge in [-0.25, -0.2) is 4.98 Å². The van der Waals surface area contributed by atoms with Gasteiger partial charge in [-0.3, -0.25) is 4.79 Å². The Morgan fingerprint density at radius 3 is 2.62 bits per heavy atom. The van der Waals surface area contributed by atoms with Crippen LogP contribution in [0.15, 0.2) is 41.1 Å². The summed E-state index contributed by atoms with van der Waals surface area (Å²) in [5.41, 5.74) is 2.93. The molecule has 0 N–H and O–H groups in total. The van der Waals surface area contributed by atoms with Crippen LogP contribution in [0.25, 0.3) is 11.3 Å². The average molecular weight is 334 g/mol. The number of hydrogen-bond donors (Lipinski definition) is 0. The Hall–Kier alpha value is -1.49. The summed E-state index contributed by atoms with van der Waals surface area (Å²) in [7, 11) is 0. The molecule has 106 valence electrons. The van der Waals surface area contributed by atoms with Crippen molar-refractivity contribution < 1.29 is 4.79 Å². The third kappa shape index (κ3) is 3.07. The number of carbonyl (C=O) groups is 1. The number of Topliss-reactive ketones (excluding diaryl/α,β-unsaturated/α-hetero) is 1. The lowest BCUT2D eigenvalue weighted by Crippen LogP contribution is -2.01. The number of benzene rings is 1. The van der Waals surface area contributed by atoms with Gasteiger partial charge in [0.1, 0.15) is 5.01 Å². The maximum absolute atomic E-state index is 12.3. The first kappa shape index (κ1) is 14.4. The van der Waals surface area contributed by atoms with Crippen molar-refractivity contribution in [2.75, 3.05) is 0 Å². The number of halogens is 1. The van der Waals surface area contributed by atoms with Crippen LogP contribution in [-0.4, -0.2) is 10.8 Å². The molecule has 0 atom stereocenters. The van der Waals surface area contributed by atoms with Crippen LogP contribution in [0.2, 0.25) is 5.02 Å². The molecule has 0 unspecified atom stereocenters. The molecule has 0 fully saturated rings. The van der Waals surface area contributed by atoms with Crippen LogP contribution in [0.4, 0.5) is 0 Å². The zero-order chi connectivity index (χ0) is 14.8. The van der Waals surface area contributed by atoms with Crippen LogP contribution in [0, 0.1) is 6.92 Å². The summed E-state index contributed by atoms with van der Waals surface area (Å²) in [6.45, 7) is 1.91. The summed E-state index contributed by atoms with van der Waals surface area (Å²) in [6.07, 6.45) is 0.303. The van der Waals surface area contributed by atoms with Crippen LogP contribution in [-0.2, 0) is 6.42 Å². The maximum atomic E-state index is 12.3. The van der Waals surface area contributed by atoms with Gasteiger partial charge >= 0.3 is 0 Å². The molecule has 0 bridgehead atoms. The summed E-state index contributed by atoms with van der Waals surface area (Å²) in [6, 6.07) is 9.96. The van der Waals surface area contributed by atoms with E-state index in [0.717, 1.165) is 21.8 Å². The van der Waals surface area contributed by atoms with Gasteiger partial charge in [0.25, 0.3) is 0 Å². The zero-order valence-corrected chi connectivity index (χ0v) is 13.7. The minimum Gasteiger partial charge on any atom is -0.293 e. The lowest BCUT2D eigenvalue weighted by molar-refractivity contribution is 0.0997. The Kier molecular flexibility index (Phi) is 4.19. The summed E-state index contributed by atoms with van der Waals surface area (Å²) < 4.78 is 0. The second kappa shape index (κ2) is 6.10. The Morgan fingerprint density at radius 1 is 1.19 bits per heavy atom. The Balaban J connectivity index is 1.79. The summed E-state index contributed by atoms with van der Waals surface area (Å²) >= 11 is 9.06. The highest BCUT2D eigenvalue weighted by atomic mass is 35.5. The molecule has 2 aromatic heterocycles. The molecule has 2 heterocycles. The van der Waals surface area contributed by atoms with Crippen molar-refractivity contribution in [1.29, 1.82) is 0 Å². The first-order valence-electron chi connectivity index (χ1n) is 6.42. The number of carbonyl (C=O) groups excluding carboxylic acids is 1.